The number of aromatic nitrogens is 2. The van der Waals surface area contributed by atoms with Gasteiger partial charge in [-0.1, -0.05) is 0 Å². The molecule has 0 aliphatic heterocycles. The summed E-state index contributed by atoms with van der Waals surface area (Å²) < 4.78 is 42.8. The Morgan fingerprint density at radius 1 is 1.19 bits per heavy atom. The van der Waals surface area contributed by atoms with E-state index in [1.807, 2.05) is 0 Å². The van der Waals surface area contributed by atoms with E-state index in [0.717, 1.165) is 29.0 Å². The fourth-order valence-corrected chi connectivity index (χ4v) is 2.61. The highest BCUT2D eigenvalue weighted by molar-refractivity contribution is 5.92. The number of carboxylic acids is 1. The van der Waals surface area contributed by atoms with Gasteiger partial charge in [0.15, 0.2) is 17.3 Å². The first kappa shape index (κ1) is 18.4. The van der Waals surface area contributed by atoms with Gasteiger partial charge in [-0.05, 0) is 32.0 Å². The van der Waals surface area contributed by atoms with Gasteiger partial charge >= 0.3 is 5.97 Å². The van der Waals surface area contributed by atoms with Crippen molar-refractivity contribution in [2.75, 3.05) is 5.32 Å². The number of halogens is 3. The second kappa shape index (κ2) is 6.75. The third kappa shape index (κ3) is 3.35. The van der Waals surface area contributed by atoms with E-state index in [-0.39, 0.29) is 28.6 Å². The Bertz CT molecular complexity index is 1130. The molecule has 2 aromatic heterocycles. The molecule has 0 atom stereocenters. The van der Waals surface area contributed by atoms with Crippen LogP contribution >= 0.6 is 0 Å². The predicted octanol–water partition coefficient (Wildman–Crippen LogP) is 3.32. The van der Waals surface area contributed by atoms with E-state index in [1.165, 1.54) is 0 Å². The summed E-state index contributed by atoms with van der Waals surface area (Å²) in [4.78, 5) is 27.8. The van der Waals surface area contributed by atoms with E-state index in [4.69, 9.17) is 0 Å². The van der Waals surface area contributed by atoms with Crippen LogP contribution in [0.15, 0.2) is 35.3 Å². The smallest absolute Gasteiger partial charge is 0.341 e. The van der Waals surface area contributed by atoms with Crippen LogP contribution in [0.4, 0.5) is 19.0 Å². The highest BCUT2D eigenvalue weighted by Crippen LogP contribution is 2.23. The minimum Gasteiger partial charge on any atom is -0.477 e. The van der Waals surface area contributed by atoms with Gasteiger partial charge in [0.25, 0.3) is 0 Å². The van der Waals surface area contributed by atoms with Crippen molar-refractivity contribution >= 4 is 22.8 Å². The third-order valence-corrected chi connectivity index (χ3v) is 3.76. The molecule has 3 aromatic rings. The van der Waals surface area contributed by atoms with Gasteiger partial charge in [-0.15, -0.1) is 0 Å². The van der Waals surface area contributed by atoms with Crippen molar-refractivity contribution < 1.29 is 23.1 Å². The number of nitrogens with zero attached hydrogens (tertiary/aromatic N) is 2. The fourth-order valence-electron chi connectivity index (χ4n) is 2.61. The Labute approximate surface area is 150 Å². The molecule has 2 N–H and O–H groups in total. The molecule has 0 fully saturated rings. The van der Waals surface area contributed by atoms with Crippen LogP contribution in [0.25, 0.3) is 16.7 Å². The van der Waals surface area contributed by atoms with Crippen molar-refractivity contribution in [2.24, 2.45) is 0 Å². The molecule has 27 heavy (non-hydrogen) atoms. The number of hydrogen-bond donors (Lipinski definition) is 2. The molecule has 0 amide bonds. The first-order valence-electron chi connectivity index (χ1n) is 7.90. The SMILES string of the molecule is CC(C)Nc1nc2c(cc1F)c(=O)c(C(=O)O)cn2-c1ccc(F)cc1F. The van der Waals surface area contributed by atoms with Gasteiger partial charge < -0.3 is 10.4 Å². The van der Waals surface area contributed by atoms with Crippen LogP contribution < -0.4 is 10.7 Å². The van der Waals surface area contributed by atoms with Gasteiger partial charge in [0.2, 0.25) is 5.43 Å². The van der Waals surface area contributed by atoms with Crippen molar-refractivity contribution in [3.8, 4) is 5.69 Å². The molecule has 0 aliphatic carbocycles. The number of fused-ring (bicyclic) bond motifs is 1. The van der Waals surface area contributed by atoms with Crippen LogP contribution in [0.5, 0.6) is 0 Å². The molecule has 0 saturated heterocycles. The summed E-state index contributed by atoms with van der Waals surface area (Å²) >= 11 is 0. The zero-order valence-corrected chi connectivity index (χ0v) is 14.3. The van der Waals surface area contributed by atoms with Crippen LogP contribution in [0, 0.1) is 17.5 Å². The van der Waals surface area contributed by atoms with Crippen molar-refractivity contribution in [1.82, 2.24) is 9.55 Å². The number of carboxylic acid groups (broad SMARTS) is 1. The summed E-state index contributed by atoms with van der Waals surface area (Å²) in [6.45, 7) is 3.48. The van der Waals surface area contributed by atoms with Gasteiger partial charge in [0.1, 0.15) is 17.2 Å². The normalized spacial score (nSPS) is 11.2. The Balaban J connectivity index is 2.44. The molecule has 9 heteroatoms. The van der Waals surface area contributed by atoms with E-state index in [1.54, 1.807) is 13.8 Å². The lowest BCUT2D eigenvalue weighted by atomic mass is 10.1. The zero-order chi connectivity index (χ0) is 19.9. The quantitative estimate of drug-likeness (QED) is 0.729. The van der Waals surface area contributed by atoms with E-state index in [9.17, 15) is 27.9 Å². The molecular weight excluding hydrogens is 363 g/mol. The highest BCUT2D eigenvalue weighted by Gasteiger charge is 2.20. The van der Waals surface area contributed by atoms with Gasteiger partial charge in [-0.2, -0.15) is 0 Å². The van der Waals surface area contributed by atoms with E-state index in [2.05, 4.69) is 10.3 Å². The lowest BCUT2D eigenvalue weighted by Gasteiger charge is -2.15. The summed E-state index contributed by atoms with van der Waals surface area (Å²) in [5.41, 5.74) is -2.06. The Kier molecular flexibility index (Phi) is 4.61. The summed E-state index contributed by atoms with van der Waals surface area (Å²) in [7, 11) is 0. The lowest BCUT2D eigenvalue weighted by molar-refractivity contribution is 0.0695. The summed E-state index contributed by atoms with van der Waals surface area (Å²) in [5, 5.41) is 11.7. The van der Waals surface area contributed by atoms with Crippen molar-refractivity contribution in [1.29, 1.82) is 0 Å². The van der Waals surface area contributed by atoms with E-state index >= 15 is 0 Å². The monoisotopic (exact) mass is 377 g/mol. The maximum absolute atomic E-state index is 14.3. The van der Waals surface area contributed by atoms with Crippen LogP contribution in [0.3, 0.4) is 0 Å². The molecule has 1 aromatic carbocycles. The summed E-state index contributed by atoms with van der Waals surface area (Å²) in [5.74, 6) is -4.44. The summed E-state index contributed by atoms with van der Waals surface area (Å²) in [6, 6.07) is 3.31. The maximum atomic E-state index is 14.3. The highest BCUT2D eigenvalue weighted by atomic mass is 19.1. The molecular formula is C18H14F3N3O3. The number of pyridine rings is 2. The molecule has 0 bridgehead atoms. The molecule has 0 aliphatic rings. The number of aromatic carboxylic acids is 1. The number of benzene rings is 1. The van der Waals surface area contributed by atoms with Crippen molar-refractivity contribution in [2.45, 2.75) is 19.9 Å². The van der Waals surface area contributed by atoms with Crippen LogP contribution in [0.2, 0.25) is 0 Å². The second-order valence-electron chi connectivity index (χ2n) is 6.13. The van der Waals surface area contributed by atoms with Crippen molar-refractivity contribution in [3.05, 3.63) is 63.7 Å². The topological polar surface area (TPSA) is 84.2 Å². The van der Waals surface area contributed by atoms with E-state index in [0.29, 0.717) is 6.07 Å². The van der Waals surface area contributed by atoms with Gasteiger partial charge in [-0.3, -0.25) is 9.36 Å². The zero-order valence-electron chi connectivity index (χ0n) is 14.3. The Morgan fingerprint density at radius 2 is 1.89 bits per heavy atom. The lowest BCUT2D eigenvalue weighted by Crippen LogP contribution is -2.21. The molecule has 6 nitrogen and oxygen atoms in total. The summed E-state index contributed by atoms with van der Waals surface area (Å²) in [6.07, 6.45) is 0.882. The minimum absolute atomic E-state index is 0.167. The van der Waals surface area contributed by atoms with E-state index < -0.39 is 34.4 Å². The largest absolute Gasteiger partial charge is 0.477 e. The third-order valence-electron chi connectivity index (χ3n) is 3.76. The molecule has 0 radical (unpaired) electrons. The fraction of sp³-hybridized carbons (Fsp3) is 0.167. The first-order chi connectivity index (χ1) is 12.7. The molecule has 140 valence electrons. The number of anilines is 1. The minimum atomic E-state index is -1.57. The average Bonchev–Trinajstić information content (AvgIpc) is 2.56. The molecule has 2 heterocycles. The number of carbonyl (C=O) groups is 1. The molecule has 0 spiro atoms. The van der Waals surface area contributed by atoms with Crippen LogP contribution in [-0.4, -0.2) is 26.7 Å². The molecule has 0 saturated carbocycles. The number of nitrogens with one attached hydrogen (secondary N) is 1. The molecule has 3 rings (SSSR count). The van der Waals surface area contributed by atoms with Gasteiger partial charge in [0, 0.05) is 18.3 Å². The number of hydrogen-bond acceptors (Lipinski definition) is 4. The Morgan fingerprint density at radius 3 is 2.48 bits per heavy atom. The van der Waals surface area contributed by atoms with Gasteiger partial charge in [-0.25, -0.2) is 22.9 Å². The average molecular weight is 377 g/mol. The van der Waals surface area contributed by atoms with Gasteiger partial charge in [0.05, 0.1) is 11.1 Å². The number of rotatable bonds is 4. The molecule has 0 unspecified atom stereocenters. The Hall–Kier alpha value is -3.36. The van der Waals surface area contributed by atoms with Crippen LogP contribution in [0.1, 0.15) is 24.2 Å². The second-order valence-corrected chi connectivity index (χ2v) is 6.13. The predicted molar refractivity (Wildman–Crippen MR) is 92.9 cm³/mol. The standard InChI is InChI=1S/C18H14F3N3O3/c1-8(2)22-16-13(21)6-10-15(25)11(18(26)27)7-24(17(10)23-16)14-4-3-9(19)5-12(14)20/h3-8H,1-2H3,(H,22,23)(H,26,27). The van der Waals surface area contributed by atoms with Crippen LogP contribution in [-0.2, 0) is 0 Å². The van der Waals surface area contributed by atoms with Crippen molar-refractivity contribution in [3.63, 3.8) is 0 Å². The maximum Gasteiger partial charge on any atom is 0.341 e. The first-order valence-corrected chi connectivity index (χ1v) is 7.90.